The Balaban J connectivity index is 1.92. The van der Waals surface area contributed by atoms with Crippen molar-refractivity contribution in [2.75, 3.05) is 6.61 Å². The molecule has 0 aliphatic heterocycles. The summed E-state index contributed by atoms with van der Waals surface area (Å²) in [5.41, 5.74) is 5.36. The number of nitrogens with two attached hydrogens (primary N) is 1. The Labute approximate surface area is 89.2 Å². The molecule has 0 atom stereocenters. The zero-order chi connectivity index (χ0) is 10.2. The first-order valence-corrected chi connectivity index (χ1v) is 5.08. The van der Waals surface area contributed by atoms with E-state index >= 15 is 0 Å². The van der Waals surface area contributed by atoms with Crippen LogP contribution in [0.4, 0.5) is 0 Å². The summed E-state index contributed by atoms with van der Waals surface area (Å²) in [4.78, 5) is 0.580. The molecule has 14 heavy (non-hydrogen) atoms. The zero-order valence-electron chi connectivity index (χ0n) is 8.07. The second-order valence-electron chi connectivity index (χ2n) is 3.06. The van der Waals surface area contributed by atoms with E-state index in [0.717, 1.165) is 31.6 Å². The van der Waals surface area contributed by atoms with Gasteiger partial charge in [-0.2, -0.15) is 0 Å². The van der Waals surface area contributed by atoms with E-state index in [9.17, 15) is 0 Å². The topological polar surface area (TPSA) is 48.4 Å². The second kappa shape index (κ2) is 6.56. The molecule has 3 nitrogen and oxygen atoms in total. The van der Waals surface area contributed by atoms with Crippen LogP contribution in [0.2, 0.25) is 0 Å². The van der Waals surface area contributed by atoms with Crippen molar-refractivity contribution in [2.24, 2.45) is 5.73 Å². The molecule has 0 aliphatic rings. The van der Waals surface area contributed by atoms with Gasteiger partial charge in [0.05, 0.1) is 11.3 Å². The van der Waals surface area contributed by atoms with E-state index in [2.05, 4.69) is 0 Å². The lowest BCUT2D eigenvalue weighted by atomic mass is 10.2. The summed E-state index contributed by atoms with van der Waals surface area (Å²) in [5.74, 6) is 0.861. The van der Waals surface area contributed by atoms with Gasteiger partial charge in [-0.05, 0) is 31.4 Å². The van der Waals surface area contributed by atoms with Crippen LogP contribution in [-0.4, -0.2) is 11.6 Å². The molecule has 0 spiro atoms. The molecule has 78 valence electrons. The van der Waals surface area contributed by atoms with Crippen molar-refractivity contribution in [1.29, 1.82) is 0 Å². The first kappa shape index (κ1) is 11.2. The Morgan fingerprint density at radius 3 is 3.00 bits per heavy atom. The minimum atomic E-state index is 0.542. The summed E-state index contributed by atoms with van der Waals surface area (Å²) in [5, 5.41) is 0. The van der Waals surface area contributed by atoms with Crippen molar-refractivity contribution in [2.45, 2.75) is 25.9 Å². The minimum Gasteiger partial charge on any atom is -0.467 e. The fraction of sp³-hybridized carbons (Fsp3) is 0.500. The van der Waals surface area contributed by atoms with E-state index in [1.54, 1.807) is 6.26 Å². The van der Waals surface area contributed by atoms with Gasteiger partial charge in [0.25, 0.3) is 0 Å². The highest BCUT2D eigenvalue weighted by Crippen LogP contribution is 2.03. The third-order valence-corrected chi connectivity index (χ3v) is 1.99. The van der Waals surface area contributed by atoms with Gasteiger partial charge in [-0.3, -0.25) is 0 Å². The molecule has 0 aliphatic carbocycles. The minimum absolute atomic E-state index is 0.542. The van der Waals surface area contributed by atoms with Crippen molar-refractivity contribution in [3.05, 3.63) is 24.2 Å². The van der Waals surface area contributed by atoms with Gasteiger partial charge in [-0.15, -0.1) is 0 Å². The lowest BCUT2D eigenvalue weighted by Crippen LogP contribution is -2.07. The molecule has 1 aromatic heterocycles. The summed E-state index contributed by atoms with van der Waals surface area (Å²) >= 11 is 4.76. The van der Waals surface area contributed by atoms with Gasteiger partial charge >= 0.3 is 0 Å². The Morgan fingerprint density at radius 1 is 1.50 bits per heavy atom. The summed E-state index contributed by atoms with van der Waals surface area (Å²) in [6, 6.07) is 3.75. The average Bonchev–Trinajstić information content (AvgIpc) is 2.63. The molecule has 1 rings (SSSR count). The van der Waals surface area contributed by atoms with Crippen LogP contribution in [0.25, 0.3) is 0 Å². The molecule has 2 N–H and O–H groups in total. The van der Waals surface area contributed by atoms with Gasteiger partial charge in [0, 0.05) is 6.61 Å². The van der Waals surface area contributed by atoms with Crippen LogP contribution >= 0.6 is 12.2 Å². The lowest BCUT2D eigenvalue weighted by Gasteiger charge is -2.01. The van der Waals surface area contributed by atoms with Crippen molar-refractivity contribution >= 4 is 17.2 Å². The van der Waals surface area contributed by atoms with Crippen LogP contribution < -0.4 is 5.73 Å². The molecule has 0 amide bonds. The molecule has 0 unspecified atom stereocenters. The van der Waals surface area contributed by atoms with Gasteiger partial charge in [-0.25, -0.2) is 0 Å². The Hall–Kier alpha value is -0.870. The predicted octanol–water partition coefficient (Wildman–Crippen LogP) is 2.25. The van der Waals surface area contributed by atoms with Crippen LogP contribution in [0, 0.1) is 0 Å². The van der Waals surface area contributed by atoms with E-state index in [-0.39, 0.29) is 0 Å². The fourth-order valence-corrected chi connectivity index (χ4v) is 1.22. The standard InChI is InChI=1S/C10H15NO2S/c11-10(14)5-1-2-6-12-8-9-4-3-7-13-9/h3-4,7H,1-2,5-6,8H2,(H2,11,14). The second-order valence-corrected chi connectivity index (χ2v) is 3.58. The third-order valence-electron chi connectivity index (χ3n) is 1.79. The van der Waals surface area contributed by atoms with Crippen LogP contribution in [0.5, 0.6) is 0 Å². The summed E-state index contributed by atoms with van der Waals surface area (Å²) in [6.45, 7) is 1.27. The number of thiocarbonyl (C=S) groups is 1. The highest BCUT2D eigenvalue weighted by atomic mass is 32.1. The SMILES string of the molecule is NC(=S)CCCCOCc1ccco1. The van der Waals surface area contributed by atoms with Crippen molar-refractivity contribution in [3.63, 3.8) is 0 Å². The molecule has 0 fully saturated rings. The quantitative estimate of drug-likeness (QED) is 0.557. The first-order valence-electron chi connectivity index (χ1n) is 4.67. The molecule has 0 saturated heterocycles. The molecule has 4 heteroatoms. The van der Waals surface area contributed by atoms with E-state index < -0.39 is 0 Å². The summed E-state index contributed by atoms with van der Waals surface area (Å²) in [6.07, 6.45) is 4.43. The number of hydrogen-bond donors (Lipinski definition) is 1. The molecular weight excluding hydrogens is 198 g/mol. The van der Waals surface area contributed by atoms with Gasteiger partial charge in [0.1, 0.15) is 12.4 Å². The number of rotatable bonds is 7. The normalized spacial score (nSPS) is 10.3. The highest BCUT2D eigenvalue weighted by Gasteiger charge is 1.95. The van der Waals surface area contributed by atoms with Gasteiger partial charge in [0.15, 0.2) is 0 Å². The van der Waals surface area contributed by atoms with Crippen LogP contribution in [-0.2, 0) is 11.3 Å². The fourth-order valence-electron chi connectivity index (χ4n) is 1.07. The van der Waals surface area contributed by atoms with Crippen molar-refractivity contribution in [3.8, 4) is 0 Å². The number of furan rings is 1. The Kier molecular flexibility index (Phi) is 5.25. The maximum atomic E-state index is 5.38. The third kappa shape index (κ3) is 4.99. The van der Waals surface area contributed by atoms with E-state index in [1.807, 2.05) is 12.1 Å². The monoisotopic (exact) mass is 213 g/mol. The molecule has 0 saturated carbocycles. The van der Waals surface area contributed by atoms with Crippen LogP contribution in [0.1, 0.15) is 25.0 Å². The van der Waals surface area contributed by atoms with Crippen LogP contribution in [0.15, 0.2) is 22.8 Å². The average molecular weight is 213 g/mol. The Bertz CT molecular complexity index is 259. The maximum absolute atomic E-state index is 5.38. The molecule has 0 aromatic carbocycles. The number of hydrogen-bond acceptors (Lipinski definition) is 3. The molecule has 1 aromatic rings. The van der Waals surface area contributed by atoms with Crippen LogP contribution in [0.3, 0.4) is 0 Å². The van der Waals surface area contributed by atoms with Gasteiger partial charge in [-0.1, -0.05) is 12.2 Å². The summed E-state index contributed by atoms with van der Waals surface area (Å²) in [7, 11) is 0. The lowest BCUT2D eigenvalue weighted by molar-refractivity contribution is 0.103. The first-order chi connectivity index (χ1) is 6.79. The van der Waals surface area contributed by atoms with Crippen molar-refractivity contribution in [1.82, 2.24) is 0 Å². The Morgan fingerprint density at radius 2 is 2.36 bits per heavy atom. The van der Waals surface area contributed by atoms with Crippen molar-refractivity contribution < 1.29 is 9.15 Å². The number of unbranched alkanes of at least 4 members (excludes halogenated alkanes) is 1. The molecule has 0 radical (unpaired) electrons. The smallest absolute Gasteiger partial charge is 0.129 e. The van der Waals surface area contributed by atoms with E-state index in [4.69, 9.17) is 27.1 Å². The summed E-state index contributed by atoms with van der Waals surface area (Å²) < 4.78 is 10.5. The molecular formula is C10H15NO2S. The largest absolute Gasteiger partial charge is 0.467 e. The van der Waals surface area contributed by atoms with E-state index in [0.29, 0.717) is 11.6 Å². The van der Waals surface area contributed by atoms with Gasteiger partial charge < -0.3 is 14.9 Å². The highest BCUT2D eigenvalue weighted by molar-refractivity contribution is 7.80. The molecule has 0 bridgehead atoms. The molecule has 1 heterocycles. The maximum Gasteiger partial charge on any atom is 0.129 e. The van der Waals surface area contributed by atoms with E-state index in [1.165, 1.54) is 0 Å². The predicted molar refractivity (Wildman–Crippen MR) is 59.0 cm³/mol. The zero-order valence-corrected chi connectivity index (χ0v) is 8.89. The van der Waals surface area contributed by atoms with Gasteiger partial charge in [0.2, 0.25) is 0 Å². The number of ether oxygens (including phenoxy) is 1.